The van der Waals surface area contributed by atoms with Gasteiger partial charge in [-0.2, -0.15) is 8.78 Å². The average molecular weight is 155 g/mol. The molecule has 0 nitrogen and oxygen atoms in total. The summed E-state index contributed by atoms with van der Waals surface area (Å²) in [7, 11) is 0. The van der Waals surface area contributed by atoms with Gasteiger partial charge in [0.2, 0.25) is 0 Å². The van der Waals surface area contributed by atoms with Crippen LogP contribution >= 0.6 is 15.9 Å². The van der Waals surface area contributed by atoms with Crippen LogP contribution in [0.5, 0.6) is 0 Å². The maximum absolute atomic E-state index is 10.8. The third-order valence-corrected chi connectivity index (χ3v) is 0.393. The number of rotatable bonds is 0. The second kappa shape index (κ2) is 3.07. The number of hydrogen-bond acceptors (Lipinski definition) is 0. The standard InChI is InChI=1S/C3HBrF2/c4-2-1-3(5)6/h2H. The van der Waals surface area contributed by atoms with E-state index in [-0.39, 0.29) is 0 Å². The first-order valence-electron chi connectivity index (χ1n) is 1.13. The Morgan fingerprint density at radius 2 is 2.17 bits per heavy atom. The summed E-state index contributed by atoms with van der Waals surface area (Å²) < 4.78 is 21.6. The molecule has 0 aliphatic carbocycles. The van der Waals surface area contributed by atoms with Crippen LogP contribution in [0, 0.1) is 0 Å². The minimum atomic E-state index is -1.81. The van der Waals surface area contributed by atoms with Crippen molar-refractivity contribution in [1.82, 2.24) is 0 Å². The summed E-state index contributed by atoms with van der Waals surface area (Å²) >= 11 is 2.61. The molecule has 0 amide bonds. The summed E-state index contributed by atoms with van der Waals surface area (Å²) in [5.41, 5.74) is 1.58. The van der Waals surface area contributed by atoms with Gasteiger partial charge in [0.25, 0.3) is 0 Å². The Morgan fingerprint density at radius 3 is 2.17 bits per heavy atom. The van der Waals surface area contributed by atoms with Crippen molar-refractivity contribution in [3.05, 3.63) is 16.8 Å². The van der Waals surface area contributed by atoms with Gasteiger partial charge in [-0.3, -0.25) is 0 Å². The minimum absolute atomic E-state index is 0.975. The fourth-order valence-electron chi connectivity index (χ4n) is 0.0412. The molecule has 0 aliphatic rings. The van der Waals surface area contributed by atoms with Crippen LogP contribution in [-0.4, -0.2) is 0 Å². The molecule has 3 heteroatoms. The summed E-state index contributed by atoms with van der Waals surface area (Å²) in [4.78, 5) is 0.975. The Morgan fingerprint density at radius 1 is 1.67 bits per heavy atom. The molecule has 0 N–H and O–H groups in total. The van der Waals surface area contributed by atoms with Gasteiger partial charge in [0.1, 0.15) is 0 Å². The van der Waals surface area contributed by atoms with E-state index >= 15 is 0 Å². The molecular formula is C3HBrF2. The lowest BCUT2D eigenvalue weighted by molar-refractivity contribution is 0.424. The second-order valence-electron chi connectivity index (χ2n) is 0.514. The Balaban J connectivity index is 3.73. The van der Waals surface area contributed by atoms with Crippen LogP contribution in [0.1, 0.15) is 0 Å². The molecule has 0 aliphatic heterocycles. The smallest absolute Gasteiger partial charge is 0.164 e. The normalized spacial score (nSPS) is 6.50. The molecule has 34 valence electrons. The maximum Gasteiger partial charge on any atom is 0.313 e. The van der Waals surface area contributed by atoms with Crippen molar-refractivity contribution in [3.63, 3.8) is 0 Å². The molecule has 0 heterocycles. The summed E-state index contributed by atoms with van der Waals surface area (Å²) in [5.74, 6) is 0. The second-order valence-corrected chi connectivity index (χ2v) is 0.972. The van der Waals surface area contributed by atoms with Crippen LogP contribution in [0.3, 0.4) is 0 Å². The molecule has 0 rings (SSSR count). The van der Waals surface area contributed by atoms with Crippen molar-refractivity contribution in [3.8, 4) is 0 Å². The first-order chi connectivity index (χ1) is 2.77. The van der Waals surface area contributed by atoms with Crippen LogP contribution in [-0.2, 0) is 0 Å². The zero-order valence-electron chi connectivity index (χ0n) is 2.71. The SMILES string of the molecule is FC(F)=C=CBr. The Bertz CT molecular complexity index is 87.0. The van der Waals surface area contributed by atoms with E-state index in [2.05, 4.69) is 15.9 Å². The van der Waals surface area contributed by atoms with E-state index in [1.807, 2.05) is 0 Å². The van der Waals surface area contributed by atoms with Crippen molar-refractivity contribution >= 4 is 15.9 Å². The van der Waals surface area contributed by atoms with Gasteiger partial charge in [0.05, 0.1) is 0 Å². The van der Waals surface area contributed by atoms with Crippen LogP contribution in [0.2, 0.25) is 0 Å². The number of hydrogen-bond donors (Lipinski definition) is 0. The van der Waals surface area contributed by atoms with Gasteiger partial charge in [0, 0.05) is 4.99 Å². The fourth-order valence-corrected chi connectivity index (χ4v) is 0.214. The molecule has 0 aromatic carbocycles. The highest BCUT2D eigenvalue weighted by Gasteiger charge is 1.74. The van der Waals surface area contributed by atoms with Gasteiger partial charge in [-0.25, -0.2) is 0 Å². The molecular weight excluding hydrogens is 154 g/mol. The predicted molar refractivity (Wildman–Crippen MR) is 22.7 cm³/mol. The van der Waals surface area contributed by atoms with Crippen LogP contribution < -0.4 is 0 Å². The monoisotopic (exact) mass is 154 g/mol. The van der Waals surface area contributed by atoms with E-state index < -0.39 is 6.08 Å². The minimum Gasteiger partial charge on any atom is -0.164 e. The molecule has 6 heavy (non-hydrogen) atoms. The van der Waals surface area contributed by atoms with Crippen LogP contribution in [0.15, 0.2) is 16.8 Å². The van der Waals surface area contributed by atoms with E-state index in [1.54, 1.807) is 5.73 Å². The first-order valence-corrected chi connectivity index (χ1v) is 2.05. The molecule has 0 saturated carbocycles. The van der Waals surface area contributed by atoms with Crippen LogP contribution in [0.25, 0.3) is 0 Å². The van der Waals surface area contributed by atoms with Gasteiger partial charge < -0.3 is 0 Å². The quantitative estimate of drug-likeness (QED) is 0.470. The highest BCUT2D eigenvalue weighted by atomic mass is 79.9. The maximum atomic E-state index is 10.8. The first kappa shape index (κ1) is 5.86. The lowest BCUT2D eigenvalue weighted by Crippen LogP contribution is -1.40. The van der Waals surface area contributed by atoms with Crippen molar-refractivity contribution in [1.29, 1.82) is 0 Å². The molecule has 0 saturated heterocycles. The van der Waals surface area contributed by atoms with E-state index in [9.17, 15) is 8.78 Å². The summed E-state index contributed by atoms with van der Waals surface area (Å²) in [6, 6.07) is 0. The van der Waals surface area contributed by atoms with Crippen LogP contribution in [0.4, 0.5) is 8.78 Å². The highest BCUT2D eigenvalue weighted by molar-refractivity contribution is 9.11. The van der Waals surface area contributed by atoms with E-state index in [4.69, 9.17) is 0 Å². The van der Waals surface area contributed by atoms with Gasteiger partial charge in [0.15, 0.2) is 0 Å². The summed E-state index contributed by atoms with van der Waals surface area (Å²) in [6.45, 7) is 0. The predicted octanol–water partition coefficient (Wildman–Crippen LogP) is 2.27. The Labute approximate surface area is 42.3 Å². The Hall–Kier alpha value is -0.140. The highest BCUT2D eigenvalue weighted by Crippen LogP contribution is 1.92. The molecule has 0 spiro atoms. The molecule has 0 aromatic heterocycles. The van der Waals surface area contributed by atoms with Crippen molar-refractivity contribution < 1.29 is 8.78 Å². The van der Waals surface area contributed by atoms with Crippen molar-refractivity contribution in [2.75, 3.05) is 0 Å². The van der Waals surface area contributed by atoms with E-state index in [0.29, 0.717) is 0 Å². The largest absolute Gasteiger partial charge is 0.313 e. The third kappa shape index (κ3) is 3.86. The van der Waals surface area contributed by atoms with E-state index in [0.717, 1.165) is 4.99 Å². The van der Waals surface area contributed by atoms with Gasteiger partial charge in [-0.1, -0.05) is 15.9 Å². The average Bonchev–Trinajstić information content (AvgIpc) is 1.35. The third-order valence-electron chi connectivity index (χ3n) is 0.164. The Kier molecular flexibility index (Phi) is 2.99. The molecule has 0 bridgehead atoms. The summed E-state index contributed by atoms with van der Waals surface area (Å²) in [5, 5.41) is 0. The zero-order valence-corrected chi connectivity index (χ0v) is 4.30. The van der Waals surface area contributed by atoms with Crippen molar-refractivity contribution in [2.24, 2.45) is 0 Å². The topological polar surface area (TPSA) is 0 Å². The molecule has 0 fully saturated rings. The molecule has 0 unspecified atom stereocenters. The van der Waals surface area contributed by atoms with Gasteiger partial charge in [-0.15, -0.1) is 0 Å². The van der Waals surface area contributed by atoms with E-state index in [1.165, 1.54) is 0 Å². The fraction of sp³-hybridized carbons (Fsp3) is 0. The zero-order chi connectivity index (χ0) is 4.99. The van der Waals surface area contributed by atoms with Gasteiger partial charge >= 0.3 is 6.08 Å². The van der Waals surface area contributed by atoms with Crippen molar-refractivity contribution in [2.45, 2.75) is 0 Å². The molecule has 0 radical (unpaired) electrons. The van der Waals surface area contributed by atoms with Gasteiger partial charge in [-0.05, 0) is 5.73 Å². The molecule has 0 atom stereocenters. The lowest BCUT2D eigenvalue weighted by atomic mass is 10.9. The summed E-state index contributed by atoms with van der Waals surface area (Å²) in [6.07, 6.45) is -1.81. The number of halogens is 3. The molecule has 0 aromatic rings. The lowest BCUT2D eigenvalue weighted by Gasteiger charge is -1.58.